The van der Waals surface area contributed by atoms with Crippen molar-refractivity contribution in [2.45, 2.75) is 52.1 Å². The Morgan fingerprint density at radius 3 is 2.96 bits per heavy atom. The molecule has 0 unspecified atom stereocenters. The molecular weight excluding hydrogens is 370 g/mol. The first kappa shape index (κ1) is 18.8. The monoisotopic (exact) mass is 395 g/mol. The van der Waals surface area contributed by atoms with Crippen molar-refractivity contribution in [2.24, 2.45) is 5.92 Å². The molecule has 0 saturated carbocycles. The molecule has 1 amide bonds. The molecule has 1 aliphatic rings. The highest BCUT2D eigenvalue weighted by atomic mass is 32.1. The van der Waals surface area contributed by atoms with Crippen molar-refractivity contribution in [3.8, 4) is 0 Å². The molecule has 28 heavy (non-hydrogen) atoms. The highest BCUT2D eigenvalue weighted by molar-refractivity contribution is 7.19. The first-order valence-corrected chi connectivity index (χ1v) is 10.6. The SMILES string of the molecule is CC(C)C[C@H](Nc1ncnc2sc3c(c12)CCC3)C(=O)NCc1cccnc1. The number of hydrogen-bond donors (Lipinski definition) is 2. The summed E-state index contributed by atoms with van der Waals surface area (Å²) in [6.07, 6.45) is 9.21. The van der Waals surface area contributed by atoms with Gasteiger partial charge in [-0.3, -0.25) is 9.78 Å². The molecule has 0 bridgehead atoms. The van der Waals surface area contributed by atoms with Crippen LogP contribution in [0, 0.1) is 5.92 Å². The smallest absolute Gasteiger partial charge is 0.242 e. The van der Waals surface area contributed by atoms with Crippen molar-refractivity contribution < 1.29 is 4.79 Å². The van der Waals surface area contributed by atoms with Crippen molar-refractivity contribution in [1.29, 1.82) is 0 Å². The normalized spacial score (nSPS) is 14.2. The van der Waals surface area contributed by atoms with Crippen LogP contribution < -0.4 is 10.6 Å². The number of aromatic nitrogens is 3. The first-order valence-electron chi connectivity index (χ1n) is 9.80. The summed E-state index contributed by atoms with van der Waals surface area (Å²) in [5.41, 5.74) is 2.35. The van der Waals surface area contributed by atoms with Gasteiger partial charge in [-0.05, 0) is 48.8 Å². The van der Waals surface area contributed by atoms with Gasteiger partial charge in [-0.15, -0.1) is 11.3 Å². The largest absolute Gasteiger partial charge is 0.358 e. The van der Waals surface area contributed by atoms with Crippen LogP contribution >= 0.6 is 11.3 Å². The molecule has 3 aromatic heterocycles. The lowest BCUT2D eigenvalue weighted by Gasteiger charge is -2.21. The van der Waals surface area contributed by atoms with Crippen LogP contribution in [0.1, 0.15) is 42.7 Å². The zero-order valence-electron chi connectivity index (χ0n) is 16.2. The van der Waals surface area contributed by atoms with E-state index >= 15 is 0 Å². The number of aryl methyl sites for hydroxylation is 2. The number of anilines is 1. The number of amides is 1. The molecule has 0 fully saturated rings. The van der Waals surface area contributed by atoms with Crippen molar-refractivity contribution >= 4 is 33.3 Å². The third-order valence-electron chi connectivity index (χ3n) is 5.03. The Hall–Kier alpha value is -2.54. The fourth-order valence-electron chi connectivity index (χ4n) is 3.72. The van der Waals surface area contributed by atoms with Gasteiger partial charge in [0.05, 0.1) is 5.39 Å². The predicted molar refractivity (Wildman–Crippen MR) is 112 cm³/mol. The third-order valence-corrected chi connectivity index (χ3v) is 6.23. The summed E-state index contributed by atoms with van der Waals surface area (Å²) in [6, 6.07) is 3.49. The van der Waals surface area contributed by atoms with Crippen LogP contribution in [0.5, 0.6) is 0 Å². The Balaban J connectivity index is 1.55. The molecule has 6 nitrogen and oxygen atoms in total. The molecule has 0 saturated heterocycles. The number of nitrogens with zero attached hydrogens (tertiary/aromatic N) is 3. The predicted octanol–water partition coefficient (Wildman–Crippen LogP) is 3.72. The molecule has 4 rings (SSSR count). The molecule has 2 N–H and O–H groups in total. The lowest BCUT2D eigenvalue weighted by molar-refractivity contribution is -0.122. The molecule has 1 aliphatic carbocycles. The second-order valence-corrected chi connectivity index (χ2v) is 8.75. The minimum absolute atomic E-state index is 0.0174. The molecule has 7 heteroatoms. The Labute approximate surface area is 168 Å². The van der Waals surface area contributed by atoms with E-state index in [9.17, 15) is 4.79 Å². The minimum Gasteiger partial charge on any atom is -0.358 e. The number of thiophene rings is 1. The van der Waals surface area contributed by atoms with Crippen molar-refractivity contribution in [2.75, 3.05) is 5.32 Å². The second kappa shape index (κ2) is 8.22. The Bertz CT molecular complexity index is 970. The van der Waals surface area contributed by atoms with Crippen LogP contribution in [0.2, 0.25) is 0 Å². The zero-order valence-corrected chi connectivity index (χ0v) is 17.1. The van der Waals surface area contributed by atoms with E-state index in [4.69, 9.17) is 0 Å². The van der Waals surface area contributed by atoms with Crippen molar-refractivity contribution in [3.05, 3.63) is 46.9 Å². The highest BCUT2D eigenvalue weighted by Gasteiger charge is 2.25. The zero-order chi connectivity index (χ0) is 19.5. The van der Waals surface area contributed by atoms with Gasteiger partial charge < -0.3 is 10.6 Å². The lowest BCUT2D eigenvalue weighted by Crippen LogP contribution is -2.40. The topological polar surface area (TPSA) is 79.8 Å². The minimum atomic E-state index is -0.341. The van der Waals surface area contributed by atoms with E-state index in [0.29, 0.717) is 12.5 Å². The summed E-state index contributed by atoms with van der Waals surface area (Å²) >= 11 is 1.76. The molecule has 0 radical (unpaired) electrons. The van der Waals surface area contributed by atoms with E-state index in [1.165, 1.54) is 16.9 Å². The Morgan fingerprint density at radius 1 is 1.29 bits per heavy atom. The van der Waals surface area contributed by atoms with Gasteiger partial charge in [-0.25, -0.2) is 9.97 Å². The lowest BCUT2D eigenvalue weighted by atomic mass is 10.0. The van der Waals surface area contributed by atoms with Gasteiger partial charge in [-0.1, -0.05) is 19.9 Å². The van der Waals surface area contributed by atoms with E-state index in [1.54, 1.807) is 30.1 Å². The van der Waals surface area contributed by atoms with E-state index in [2.05, 4.69) is 39.4 Å². The summed E-state index contributed by atoms with van der Waals surface area (Å²) in [4.78, 5) is 28.4. The standard InChI is InChI=1S/C21H25N5OS/c1-13(2)9-16(20(27)23-11-14-5-4-8-22-10-14)26-19-18-15-6-3-7-17(15)28-21(18)25-12-24-19/h4-5,8,10,12-13,16H,3,6-7,9,11H2,1-2H3,(H,23,27)(H,24,25,26)/t16-/m0/s1. The molecule has 0 spiro atoms. The van der Waals surface area contributed by atoms with Crippen LogP contribution in [0.4, 0.5) is 5.82 Å². The quantitative estimate of drug-likeness (QED) is 0.637. The maximum atomic E-state index is 12.9. The van der Waals surface area contributed by atoms with E-state index in [0.717, 1.165) is 40.9 Å². The van der Waals surface area contributed by atoms with Gasteiger partial charge in [-0.2, -0.15) is 0 Å². The summed E-state index contributed by atoms with van der Waals surface area (Å²) in [5, 5.41) is 7.58. The number of carbonyl (C=O) groups is 1. The van der Waals surface area contributed by atoms with E-state index < -0.39 is 0 Å². The van der Waals surface area contributed by atoms with Crippen LogP contribution in [0.15, 0.2) is 30.9 Å². The van der Waals surface area contributed by atoms with Crippen molar-refractivity contribution in [1.82, 2.24) is 20.3 Å². The summed E-state index contributed by atoms with van der Waals surface area (Å²) in [7, 11) is 0. The average molecular weight is 396 g/mol. The maximum Gasteiger partial charge on any atom is 0.242 e. The number of pyridine rings is 1. The fraction of sp³-hybridized carbons (Fsp3) is 0.429. The van der Waals surface area contributed by atoms with E-state index in [-0.39, 0.29) is 11.9 Å². The third kappa shape index (κ3) is 3.99. The number of hydrogen-bond acceptors (Lipinski definition) is 6. The molecular formula is C21H25N5OS. The summed E-state index contributed by atoms with van der Waals surface area (Å²) in [6.45, 7) is 4.72. The first-order chi connectivity index (χ1) is 13.6. The summed E-state index contributed by atoms with van der Waals surface area (Å²) in [5.74, 6) is 1.15. The second-order valence-electron chi connectivity index (χ2n) is 7.67. The highest BCUT2D eigenvalue weighted by Crippen LogP contribution is 2.39. The van der Waals surface area contributed by atoms with Crippen LogP contribution in [0.25, 0.3) is 10.2 Å². The Kier molecular flexibility index (Phi) is 5.52. The molecule has 146 valence electrons. The maximum absolute atomic E-state index is 12.9. The fourth-order valence-corrected chi connectivity index (χ4v) is 4.95. The molecule has 1 atom stereocenters. The molecule has 3 aromatic rings. The Morgan fingerprint density at radius 2 is 2.18 bits per heavy atom. The van der Waals surface area contributed by atoms with Gasteiger partial charge in [0.1, 0.15) is 23.0 Å². The number of nitrogens with one attached hydrogen (secondary N) is 2. The van der Waals surface area contributed by atoms with Crippen LogP contribution in [-0.4, -0.2) is 26.9 Å². The van der Waals surface area contributed by atoms with Crippen LogP contribution in [0.3, 0.4) is 0 Å². The van der Waals surface area contributed by atoms with Gasteiger partial charge >= 0.3 is 0 Å². The van der Waals surface area contributed by atoms with Gasteiger partial charge in [0.15, 0.2) is 0 Å². The van der Waals surface area contributed by atoms with Gasteiger partial charge in [0, 0.05) is 23.8 Å². The number of carbonyl (C=O) groups excluding carboxylic acids is 1. The molecule has 0 aliphatic heterocycles. The van der Waals surface area contributed by atoms with Crippen molar-refractivity contribution in [3.63, 3.8) is 0 Å². The van der Waals surface area contributed by atoms with Crippen LogP contribution in [-0.2, 0) is 24.2 Å². The number of rotatable bonds is 7. The van der Waals surface area contributed by atoms with Gasteiger partial charge in [0.25, 0.3) is 0 Å². The summed E-state index contributed by atoms with van der Waals surface area (Å²) < 4.78 is 0. The molecule has 0 aromatic carbocycles. The average Bonchev–Trinajstić information content (AvgIpc) is 3.27. The van der Waals surface area contributed by atoms with Gasteiger partial charge in [0.2, 0.25) is 5.91 Å². The van der Waals surface area contributed by atoms with E-state index in [1.807, 2.05) is 12.1 Å². The molecule has 3 heterocycles. The number of fused-ring (bicyclic) bond motifs is 3.